The summed E-state index contributed by atoms with van der Waals surface area (Å²) in [6.07, 6.45) is 5.11. The minimum atomic E-state index is -1.15. The second kappa shape index (κ2) is 20.8. The largest absolute Gasteiger partial charge is 0.384 e. The predicted molar refractivity (Wildman–Crippen MR) is 223 cm³/mol. The van der Waals surface area contributed by atoms with Crippen LogP contribution >= 0.6 is 0 Å². The molecule has 2 unspecified atom stereocenters. The molecule has 9 N–H and O–H groups in total. The van der Waals surface area contributed by atoms with Crippen molar-refractivity contribution in [2.24, 2.45) is 34.0 Å². The monoisotopic (exact) mass is 778 g/mol. The number of nitrogens with one attached hydrogen (secondary N) is 3. The zero-order valence-corrected chi connectivity index (χ0v) is 32.9. The summed E-state index contributed by atoms with van der Waals surface area (Å²) in [6.45, 7) is 2.87. The number of anilines is 1. The topological polar surface area (TPSA) is 216 Å². The van der Waals surface area contributed by atoms with Crippen LogP contribution in [0.1, 0.15) is 61.6 Å². The molecule has 1 saturated heterocycles. The van der Waals surface area contributed by atoms with Gasteiger partial charge in [0, 0.05) is 57.6 Å². The van der Waals surface area contributed by atoms with Gasteiger partial charge in [0.1, 0.15) is 23.8 Å². The zero-order valence-electron chi connectivity index (χ0n) is 32.9. The first-order valence-corrected chi connectivity index (χ1v) is 20.0. The number of piperazine rings is 1. The molecule has 57 heavy (non-hydrogen) atoms. The molecule has 1 aliphatic carbocycles. The summed E-state index contributed by atoms with van der Waals surface area (Å²) < 4.78 is 0. The number of hydrogen-bond acceptors (Lipinski definition) is 7. The van der Waals surface area contributed by atoms with Crippen LogP contribution < -0.4 is 32.7 Å². The predicted octanol–water partition coefficient (Wildman–Crippen LogP) is 2.74. The van der Waals surface area contributed by atoms with E-state index >= 15 is 0 Å². The van der Waals surface area contributed by atoms with Crippen LogP contribution in [0, 0.1) is 17.2 Å². The van der Waals surface area contributed by atoms with Crippen molar-refractivity contribution in [3.63, 3.8) is 0 Å². The Morgan fingerprint density at radius 1 is 0.807 bits per heavy atom. The fourth-order valence-corrected chi connectivity index (χ4v) is 7.73. The Bertz CT molecular complexity index is 1820. The number of hydrogen-bond donors (Lipinski definition) is 6. The van der Waals surface area contributed by atoms with Crippen molar-refractivity contribution in [1.29, 1.82) is 5.41 Å². The molecule has 1 heterocycles. The summed E-state index contributed by atoms with van der Waals surface area (Å²) in [5.74, 6) is -3.07. The molecule has 0 radical (unpaired) electrons. The van der Waals surface area contributed by atoms with Crippen LogP contribution in [0.2, 0.25) is 0 Å². The standard InChI is InChI=1S/C43H58N10O4/c1-51(29-31-12-5-2-6-13-31)41(56)35(28-30-19-21-33(22-20-30)38(44)45)39(54)50-37(32-14-7-3-8-15-32)40(55)49-36(18-11-23-48-43(46)47)42(57)53-26-24-52(25-27-53)34-16-9-4-10-17-34/h2,4-6,9-10,12-13,16-17,19-22,32,35-37H,3,7-8,11,14-15,18,23-29H2,1H3,(H3,44,45)(H,49,55)(H,50,54)(H4,46,47,48)/t35?,36?,37-/m0/s1. The number of carbonyl (C=O) groups excluding carboxylic acids is 4. The van der Waals surface area contributed by atoms with Gasteiger partial charge in [-0.1, -0.05) is 92.1 Å². The van der Waals surface area contributed by atoms with Crippen LogP contribution in [0.5, 0.6) is 0 Å². The first-order chi connectivity index (χ1) is 27.5. The van der Waals surface area contributed by atoms with Crippen LogP contribution in [0.25, 0.3) is 0 Å². The van der Waals surface area contributed by atoms with E-state index in [2.05, 4.69) is 20.5 Å². The number of nitrogen functional groups attached to an aromatic ring is 1. The Kier molecular flexibility index (Phi) is 15.4. The molecule has 3 aromatic carbocycles. The smallest absolute Gasteiger partial charge is 0.245 e. The van der Waals surface area contributed by atoms with Gasteiger partial charge >= 0.3 is 0 Å². The Labute approximate surface area is 335 Å². The van der Waals surface area contributed by atoms with E-state index in [0.29, 0.717) is 63.2 Å². The molecule has 2 fully saturated rings. The minimum Gasteiger partial charge on any atom is -0.384 e. The van der Waals surface area contributed by atoms with Crippen molar-refractivity contribution in [3.05, 3.63) is 102 Å². The first-order valence-electron chi connectivity index (χ1n) is 20.0. The summed E-state index contributed by atoms with van der Waals surface area (Å²) >= 11 is 0. The lowest BCUT2D eigenvalue weighted by Gasteiger charge is -2.38. The van der Waals surface area contributed by atoms with E-state index in [-0.39, 0.29) is 30.0 Å². The van der Waals surface area contributed by atoms with Crippen molar-refractivity contribution in [2.75, 3.05) is 44.7 Å². The average molecular weight is 779 g/mol. The molecular formula is C43H58N10O4. The lowest BCUT2D eigenvalue weighted by molar-refractivity contribution is -0.143. The number of aliphatic imine (C=N–C) groups is 1. The van der Waals surface area contributed by atoms with Gasteiger partial charge in [0.05, 0.1) is 0 Å². The van der Waals surface area contributed by atoms with Crippen molar-refractivity contribution >= 4 is 41.1 Å². The highest BCUT2D eigenvalue weighted by molar-refractivity contribution is 6.02. The van der Waals surface area contributed by atoms with E-state index in [9.17, 15) is 19.2 Å². The molecule has 3 atom stereocenters. The Morgan fingerprint density at radius 3 is 2.05 bits per heavy atom. The number of nitrogens with zero attached hydrogens (tertiary/aromatic N) is 4. The Balaban J connectivity index is 1.36. The van der Waals surface area contributed by atoms with Crippen LogP contribution in [0.4, 0.5) is 5.69 Å². The van der Waals surface area contributed by atoms with Gasteiger partial charge in [0.25, 0.3) is 0 Å². The Morgan fingerprint density at radius 2 is 1.44 bits per heavy atom. The highest BCUT2D eigenvalue weighted by Crippen LogP contribution is 2.28. The third kappa shape index (κ3) is 12.3. The van der Waals surface area contributed by atoms with E-state index in [1.54, 1.807) is 36.2 Å². The van der Waals surface area contributed by atoms with Crippen LogP contribution in [0.15, 0.2) is 89.9 Å². The SMILES string of the molecule is CN(Cc1ccccc1)C(=O)C(Cc1ccc(C(=N)N)cc1)C(=O)N[C@H](C(=O)NC(CCCN=C(N)N)C(=O)N1CCN(c2ccccc2)CC1)C1CCCCC1. The van der Waals surface area contributed by atoms with Gasteiger partial charge in [0.15, 0.2) is 5.96 Å². The van der Waals surface area contributed by atoms with Gasteiger partial charge in [-0.2, -0.15) is 0 Å². The van der Waals surface area contributed by atoms with Gasteiger partial charge in [-0.05, 0) is 61.3 Å². The van der Waals surface area contributed by atoms with Crippen molar-refractivity contribution in [3.8, 4) is 0 Å². The minimum absolute atomic E-state index is 0.0488. The number of para-hydroxylation sites is 1. The van der Waals surface area contributed by atoms with Crippen LogP contribution in [-0.4, -0.2) is 97.1 Å². The molecule has 1 saturated carbocycles. The molecule has 3 aromatic rings. The number of nitrogens with two attached hydrogens (primary N) is 3. The van der Waals surface area contributed by atoms with E-state index in [4.69, 9.17) is 22.6 Å². The third-order valence-electron chi connectivity index (χ3n) is 10.9. The highest BCUT2D eigenvalue weighted by Gasteiger charge is 2.38. The number of amidine groups is 1. The number of benzene rings is 3. The van der Waals surface area contributed by atoms with Crippen molar-refractivity contribution in [1.82, 2.24) is 20.4 Å². The number of carbonyl (C=O) groups is 4. The summed E-state index contributed by atoms with van der Waals surface area (Å²) in [4.78, 5) is 66.9. The number of rotatable bonds is 17. The number of guanidine groups is 1. The van der Waals surface area contributed by atoms with E-state index in [0.717, 1.165) is 43.4 Å². The molecule has 1 aliphatic heterocycles. The fraction of sp³-hybridized carbons (Fsp3) is 0.442. The highest BCUT2D eigenvalue weighted by atomic mass is 16.2. The molecule has 0 aromatic heterocycles. The fourth-order valence-electron chi connectivity index (χ4n) is 7.73. The molecule has 0 bridgehead atoms. The second-order valence-electron chi connectivity index (χ2n) is 15.1. The summed E-state index contributed by atoms with van der Waals surface area (Å²) in [6, 6.07) is 24.6. The molecule has 0 spiro atoms. The van der Waals surface area contributed by atoms with E-state index in [1.165, 1.54) is 4.90 Å². The lowest BCUT2D eigenvalue weighted by atomic mass is 9.83. The van der Waals surface area contributed by atoms with Gasteiger partial charge < -0.3 is 42.5 Å². The van der Waals surface area contributed by atoms with Crippen molar-refractivity contribution < 1.29 is 19.2 Å². The quantitative estimate of drug-likeness (QED) is 0.0517. The molecule has 4 amide bonds. The summed E-state index contributed by atoms with van der Waals surface area (Å²) in [5.41, 5.74) is 20.0. The summed E-state index contributed by atoms with van der Waals surface area (Å²) in [5, 5.41) is 13.8. The van der Waals surface area contributed by atoms with Gasteiger partial charge in [0.2, 0.25) is 23.6 Å². The molecule has 14 nitrogen and oxygen atoms in total. The summed E-state index contributed by atoms with van der Waals surface area (Å²) in [7, 11) is 1.66. The maximum Gasteiger partial charge on any atom is 0.245 e. The first kappa shape index (κ1) is 42.2. The van der Waals surface area contributed by atoms with Gasteiger partial charge in [-0.15, -0.1) is 0 Å². The molecular weight excluding hydrogens is 721 g/mol. The maximum atomic E-state index is 14.5. The Hall–Kier alpha value is -5.92. The van der Waals surface area contributed by atoms with E-state index < -0.39 is 35.7 Å². The van der Waals surface area contributed by atoms with Crippen LogP contribution in [0.3, 0.4) is 0 Å². The normalized spacial score (nSPS) is 16.1. The maximum absolute atomic E-state index is 14.5. The van der Waals surface area contributed by atoms with Gasteiger partial charge in [-0.3, -0.25) is 29.6 Å². The zero-order chi connectivity index (χ0) is 40.7. The molecule has 14 heteroatoms. The molecule has 304 valence electrons. The second-order valence-corrected chi connectivity index (χ2v) is 15.1. The third-order valence-corrected chi connectivity index (χ3v) is 10.9. The molecule has 2 aliphatic rings. The number of amides is 4. The lowest BCUT2D eigenvalue weighted by Crippen LogP contribution is -2.59. The van der Waals surface area contributed by atoms with Crippen molar-refractivity contribution in [2.45, 2.75) is 70.0 Å². The van der Waals surface area contributed by atoms with Crippen LogP contribution in [-0.2, 0) is 32.1 Å². The molecule has 5 rings (SSSR count). The van der Waals surface area contributed by atoms with E-state index in [1.807, 2.05) is 60.7 Å². The average Bonchev–Trinajstić information content (AvgIpc) is 3.23. The van der Waals surface area contributed by atoms with Gasteiger partial charge in [-0.25, -0.2) is 0 Å².